The minimum atomic E-state index is -0.240. The van der Waals surface area contributed by atoms with Gasteiger partial charge >= 0.3 is 0 Å². The number of rotatable bonds is 5. The smallest absolute Gasteiger partial charge is 0.144 e. The van der Waals surface area contributed by atoms with Crippen molar-refractivity contribution < 1.29 is 5.21 Å². The molecule has 4 heteroatoms. The van der Waals surface area contributed by atoms with Gasteiger partial charge in [-0.2, -0.15) is 0 Å². The van der Waals surface area contributed by atoms with Gasteiger partial charge in [-0.05, 0) is 44.1 Å². The second-order valence-electron chi connectivity index (χ2n) is 7.01. The van der Waals surface area contributed by atoms with Gasteiger partial charge in [0.2, 0.25) is 0 Å². The average Bonchev–Trinajstić information content (AvgIpc) is 2.30. The number of nitrogens with one attached hydrogen (secondary N) is 1. The van der Waals surface area contributed by atoms with Crippen LogP contribution in [0.2, 0.25) is 0 Å². The van der Waals surface area contributed by atoms with Gasteiger partial charge in [-0.1, -0.05) is 32.9 Å². The Morgan fingerprint density at radius 1 is 1.39 bits per heavy atom. The van der Waals surface area contributed by atoms with E-state index in [4.69, 9.17) is 10.9 Å². The Morgan fingerprint density at radius 3 is 2.44 bits per heavy atom. The van der Waals surface area contributed by atoms with E-state index in [2.05, 4.69) is 24.3 Å². The highest BCUT2D eigenvalue weighted by Crippen LogP contribution is 2.35. The molecule has 0 radical (unpaired) electrons. The van der Waals surface area contributed by atoms with Crippen molar-refractivity contribution in [3.63, 3.8) is 0 Å². The van der Waals surface area contributed by atoms with Crippen LogP contribution in [-0.2, 0) is 0 Å². The quantitative estimate of drug-likeness (QED) is 0.306. The fourth-order valence-electron chi connectivity index (χ4n) is 2.46. The van der Waals surface area contributed by atoms with E-state index in [0.29, 0.717) is 17.3 Å². The van der Waals surface area contributed by atoms with Gasteiger partial charge in [0.15, 0.2) is 0 Å². The van der Waals surface area contributed by atoms with Crippen molar-refractivity contribution in [3.8, 4) is 0 Å². The largest absolute Gasteiger partial charge is 0.409 e. The summed E-state index contributed by atoms with van der Waals surface area (Å²) >= 11 is 0. The highest BCUT2D eigenvalue weighted by atomic mass is 16.4. The number of amidine groups is 1. The van der Waals surface area contributed by atoms with E-state index in [0.717, 1.165) is 13.0 Å². The molecule has 18 heavy (non-hydrogen) atoms. The molecule has 1 fully saturated rings. The normalized spacial score (nSPS) is 22.1. The van der Waals surface area contributed by atoms with E-state index in [1.165, 1.54) is 25.7 Å². The number of nitrogens with zero attached hydrogens (tertiary/aromatic N) is 1. The molecule has 0 unspecified atom stereocenters. The lowest BCUT2D eigenvalue weighted by molar-refractivity contribution is 0.204. The first-order valence-corrected chi connectivity index (χ1v) is 6.98. The minimum absolute atomic E-state index is 0.240. The molecule has 0 aliphatic heterocycles. The van der Waals surface area contributed by atoms with Crippen LogP contribution in [0.5, 0.6) is 0 Å². The molecule has 4 nitrogen and oxygen atoms in total. The molecule has 0 aromatic rings. The van der Waals surface area contributed by atoms with Gasteiger partial charge in [0.1, 0.15) is 5.84 Å². The van der Waals surface area contributed by atoms with E-state index in [1.54, 1.807) is 0 Å². The Hall–Kier alpha value is -0.770. The Kier molecular flexibility index (Phi) is 5.02. The second-order valence-corrected chi connectivity index (χ2v) is 7.01. The standard InChI is InChI=1S/C14H29N3O/c1-13(2)7-5-11(6-8-13)16-10-9-14(3,4)12(15)17-18/h11,16,18H,5-10H2,1-4H3,(H2,15,17). The maximum Gasteiger partial charge on any atom is 0.144 e. The van der Waals surface area contributed by atoms with Gasteiger partial charge in [-0.3, -0.25) is 0 Å². The summed E-state index contributed by atoms with van der Waals surface area (Å²) in [5.41, 5.74) is 5.96. The molecule has 0 amide bonds. The van der Waals surface area contributed by atoms with E-state index < -0.39 is 0 Å². The van der Waals surface area contributed by atoms with E-state index in [1.807, 2.05) is 13.8 Å². The molecule has 0 bridgehead atoms. The molecule has 0 heterocycles. The minimum Gasteiger partial charge on any atom is -0.409 e. The molecule has 1 aliphatic rings. The number of hydrogen-bond donors (Lipinski definition) is 3. The topological polar surface area (TPSA) is 70.6 Å². The summed E-state index contributed by atoms with van der Waals surface area (Å²) in [5, 5.41) is 15.4. The van der Waals surface area contributed by atoms with Crippen LogP contribution in [0.1, 0.15) is 59.8 Å². The van der Waals surface area contributed by atoms with Crippen LogP contribution < -0.4 is 11.1 Å². The van der Waals surface area contributed by atoms with Crippen molar-refractivity contribution in [2.24, 2.45) is 21.7 Å². The summed E-state index contributed by atoms with van der Waals surface area (Å²) in [4.78, 5) is 0. The first-order valence-electron chi connectivity index (χ1n) is 6.98. The van der Waals surface area contributed by atoms with Crippen LogP contribution in [-0.4, -0.2) is 23.6 Å². The predicted octanol–water partition coefficient (Wildman–Crippen LogP) is 2.71. The van der Waals surface area contributed by atoms with Crippen LogP contribution in [0.15, 0.2) is 5.16 Å². The third kappa shape index (κ3) is 4.48. The summed E-state index contributed by atoms with van der Waals surface area (Å²) in [6.45, 7) is 9.64. The molecule has 1 aliphatic carbocycles. The SMILES string of the molecule is CC1(C)CCC(NCCC(C)(C)C(N)=NO)CC1. The second kappa shape index (κ2) is 5.91. The van der Waals surface area contributed by atoms with Crippen molar-refractivity contribution in [3.05, 3.63) is 0 Å². The fraction of sp³-hybridized carbons (Fsp3) is 0.929. The zero-order valence-corrected chi connectivity index (χ0v) is 12.3. The van der Waals surface area contributed by atoms with Crippen LogP contribution in [0, 0.1) is 10.8 Å². The van der Waals surface area contributed by atoms with E-state index in [9.17, 15) is 0 Å². The van der Waals surface area contributed by atoms with Crippen LogP contribution >= 0.6 is 0 Å². The van der Waals surface area contributed by atoms with Crippen molar-refractivity contribution in [2.75, 3.05) is 6.54 Å². The lowest BCUT2D eigenvalue weighted by Crippen LogP contribution is -2.39. The van der Waals surface area contributed by atoms with E-state index >= 15 is 0 Å². The van der Waals surface area contributed by atoms with Crippen molar-refractivity contribution in [1.82, 2.24) is 5.32 Å². The van der Waals surface area contributed by atoms with Gasteiger partial charge in [-0.15, -0.1) is 0 Å². The Bertz CT molecular complexity index is 287. The zero-order valence-electron chi connectivity index (χ0n) is 12.3. The third-order valence-electron chi connectivity index (χ3n) is 4.32. The van der Waals surface area contributed by atoms with Crippen LogP contribution in [0.25, 0.3) is 0 Å². The first-order chi connectivity index (χ1) is 8.27. The molecule has 0 atom stereocenters. The molecule has 1 saturated carbocycles. The summed E-state index contributed by atoms with van der Waals surface area (Å²) in [7, 11) is 0. The lowest BCUT2D eigenvalue weighted by Gasteiger charge is -2.35. The van der Waals surface area contributed by atoms with Gasteiger partial charge in [-0.25, -0.2) is 0 Å². The third-order valence-corrected chi connectivity index (χ3v) is 4.32. The molecule has 0 saturated heterocycles. The number of nitrogens with two attached hydrogens (primary N) is 1. The average molecular weight is 255 g/mol. The molecule has 1 rings (SSSR count). The fourth-order valence-corrected chi connectivity index (χ4v) is 2.46. The highest BCUT2D eigenvalue weighted by Gasteiger charge is 2.27. The van der Waals surface area contributed by atoms with Gasteiger partial charge in [0, 0.05) is 11.5 Å². The molecule has 4 N–H and O–H groups in total. The summed E-state index contributed by atoms with van der Waals surface area (Å²) < 4.78 is 0. The van der Waals surface area contributed by atoms with E-state index in [-0.39, 0.29) is 5.41 Å². The maximum absolute atomic E-state index is 8.72. The summed E-state index contributed by atoms with van der Waals surface area (Å²) in [5.74, 6) is 0.314. The lowest BCUT2D eigenvalue weighted by atomic mass is 9.75. The molecular weight excluding hydrogens is 226 g/mol. The summed E-state index contributed by atoms with van der Waals surface area (Å²) in [6.07, 6.45) is 6.01. The van der Waals surface area contributed by atoms with Crippen molar-refractivity contribution in [1.29, 1.82) is 0 Å². The van der Waals surface area contributed by atoms with Gasteiger partial charge in [0.25, 0.3) is 0 Å². The first kappa shape index (κ1) is 15.3. The Balaban J connectivity index is 2.27. The molecule has 0 spiro atoms. The van der Waals surface area contributed by atoms with Crippen LogP contribution in [0.3, 0.4) is 0 Å². The maximum atomic E-state index is 8.72. The van der Waals surface area contributed by atoms with Gasteiger partial charge in [0.05, 0.1) is 0 Å². The predicted molar refractivity (Wildman–Crippen MR) is 75.8 cm³/mol. The number of hydrogen-bond acceptors (Lipinski definition) is 3. The highest BCUT2D eigenvalue weighted by molar-refractivity contribution is 5.85. The van der Waals surface area contributed by atoms with Crippen molar-refractivity contribution in [2.45, 2.75) is 65.8 Å². The van der Waals surface area contributed by atoms with Crippen LogP contribution in [0.4, 0.5) is 0 Å². The molecule has 106 valence electrons. The zero-order chi connectivity index (χ0) is 13.8. The number of oxime groups is 1. The molecule has 0 aromatic heterocycles. The monoisotopic (exact) mass is 255 g/mol. The van der Waals surface area contributed by atoms with Crippen molar-refractivity contribution >= 4 is 5.84 Å². The molecular formula is C14H29N3O. The summed E-state index contributed by atoms with van der Waals surface area (Å²) in [6, 6.07) is 0.640. The Labute approximate surface area is 111 Å². The van der Waals surface area contributed by atoms with Gasteiger partial charge < -0.3 is 16.3 Å². The molecule has 0 aromatic carbocycles. The Morgan fingerprint density at radius 2 is 1.94 bits per heavy atom.